The monoisotopic (exact) mass is 334 g/mol. The molecule has 4 N–H and O–H groups in total. The maximum Gasteiger partial charge on any atom is 0.256 e. The third-order valence-corrected chi connectivity index (χ3v) is 6.37. The second-order valence-electron chi connectivity index (χ2n) is 5.28. The predicted molar refractivity (Wildman–Crippen MR) is 80.1 cm³/mol. The highest BCUT2D eigenvalue weighted by Gasteiger charge is 2.29. The summed E-state index contributed by atoms with van der Waals surface area (Å²) < 4.78 is 24.1. The van der Waals surface area contributed by atoms with Crippen LogP contribution in [0, 0.1) is 0 Å². The second-order valence-corrected chi connectivity index (χ2v) is 9.06. The predicted octanol–water partition coefficient (Wildman–Crippen LogP) is 0.738. The van der Waals surface area contributed by atoms with Crippen LogP contribution in [0.25, 0.3) is 0 Å². The van der Waals surface area contributed by atoms with E-state index in [1.165, 1.54) is 27.7 Å². The summed E-state index contributed by atoms with van der Waals surface area (Å²) in [7, 11) is -3.59. The number of nitrogens with two attached hydrogens (primary N) is 1. The number of aliphatic hydroxyl groups is 1. The smallest absolute Gasteiger partial charge is 0.256 e. The Hall–Kier alpha value is -1.45. The highest BCUT2D eigenvalue weighted by atomic mass is 32.2. The minimum absolute atomic E-state index is 0.00819. The van der Waals surface area contributed by atoms with Crippen molar-refractivity contribution >= 4 is 38.0 Å². The molecule has 0 aliphatic rings. The van der Waals surface area contributed by atoms with Gasteiger partial charge in [0.15, 0.2) is 9.84 Å². The van der Waals surface area contributed by atoms with Gasteiger partial charge in [0.2, 0.25) is 0 Å². The molecule has 0 aromatic carbocycles. The molecule has 118 valence electrons. The van der Waals surface area contributed by atoms with Gasteiger partial charge in [-0.15, -0.1) is 11.3 Å². The van der Waals surface area contributed by atoms with Gasteiger partial charge in [-0.1, -0.05) is 0 Å². The van der Waals surface area contributed by atoms with Crippen LogP contribution in [0.4, 0.5) is 5.00 Å². The zero-order chi connectivity index (χ0) is 16.6. The lowest BCUT2D eigenvalue weighted by Gasteiger charge is -2.16. The van der Waals surface area contributed by atoms with E-state index >= 15 is 0 Å². The molecule has 0 saturated carbocycles. The molecule has 0 spiro atoms. The Balaban J connectivity index is 3.31. The van der Waals surface area contributed by atoms with Gasteiger partial charge in [-0.25, -0.2) is 8.42 Å². The molecule has 0 radical (unpaired) electrons. The van der Waals surface area contributed by atoms with E-state index in [4.69, 9.17) is 5.73 Å². The fourth-order valence-corrected chi connectivity index (χ4v) is 4.10. The minimum atomic E-state index is -3.59. The molecule has 0 fully saturated rings. The van der Waals surface area contributed by atoms with Crippen molar-refractivity contribution in [3.63, 3.8) is 0 Å². The summed E-state index contributed by atoms with van der Waals surface area (Å²) in [6, 6.07) is 1.14. The van der Waals surface area contributed by atoms with Crippen LogP contribution in [0.5, 0.6) is 0 Å². The lowest BCUT2D eigenvalue weighted by atomic mass is 10.1. The molecule has 2 amide bonds. The molecule has 1 aromatic heterocycles. The molecule has 0 saturated heterocycles. The number of primary amides is 1. The third-order valence-electron chi connectivity index (χ3n) is 2.66. The van der Waals surface area contributed by atoms with Crippen molar-refractivity contribution in [2.24, 2.45) is 5.73 Å². The number of rotatable bonds is 5. The number of hydrogen-bond donors (Lipinski definition) is 3. The second kappa shape index (κ2) is 5.74. The van der Waals surface area contributed by atoms with Crippen molar-refractivity contribution in [3.05, 3.63) is 11.6 Å². The molecule has 0 unspecified atom stereocenters. The molecule has 0 atom stereocenters. The lowest BCUT2D eigenvalue weighted by Crippen LogP contribution is -2.36. The highest BCUT2D eigenvalue weighted by molar-refractivity contribution is 7.94. The van der Waals surface area contributed by atoms with E-state index in [0.717, 1.165) is 17.4 Å². The summed E-state index contributed by atoms with van der Waals surface area (Å²) in [6.45, 7) is 5.56. The molecule has 1 heterocycles. The van der Waals surface area contributed by atoms with Gasteiger partial charge >= 0.3 is 0 Å². The molecule has 0 aliphatic carbocycles. The number of carbonyl (C=O) groups excluding carboxylic acids is 2. The van der Waals surface area contributed by atoms with Gasteiger partial charge < -0.3 is 16.2 Å². The van der Waals surface area contributed by atoms with E-state index in [2.05, 4.69) is 5.32 Å². The quantitative estimate of drug-likeness (QED) is 0.732. The molecule has 0 aliphatic heterocycles. The number of carbonyl (C=O) groups is 2. The van der Waals surface area contributed by atoms with Gasteiger partial charge in [0.1, 0.15) is 14.8 Å². The molecular formula is C12H18N2O5S2. The van der Waals surface area contributed by atoms with Crippen LogP contribution in [-0.4, -0.2) is 36.2 Å². The van der Waals surface area contributed by atoms with Crippen molar-refractivity contribution in [2.45, 2.75) is 42.8 Å². The van der Waals surface area contributed by atoms with Crippen molar-refractivity contribution in [3.8, 4) is 0 Å². The zero-order valence-corrected chi connectivity index (χ0v) is 13.8. The zero-order valence-electron chi connectivity index (χ0n) is 12.1. The van der Waals surface area contributed by atoms with Crippen molar-refractivity contribution in [1.82, 2.24) is 0 Å². The lowest BCUT2D eigenvalue weighted by molar-refractivity contribution is -0.130. The van der Waals surface area contributed by atoms with E-state index in [9.17, 15) is 23.1 Å². The minimum Gasteiger partial charge on any atom is -0.381 e. The molecule has 0 bridgehead atoms. The first kappa shape index (κ1) is 17.6. The number of hydrogen-bond acceptors (Lipinski definition) is 6. The van der Waals surface area contributed by atoms with E-state index in [0.29, 0.717) is 0 Å². The van der Waals surface area contributed by atoms with Gasteiger partial charge in [0, 0.05) is 0 Å². The van der Waals surface area contributed by atoms with Crippen LogP contribution in [0.3, 0.4) is 0 Å². The molecule has 9 heteroatoms. The fourth-order valence-electron chi connectivity index (χ4n) is 1.27. The van der Waals surface area contributed by atoms with Gasteiger partial charge in [0.05, 0.1) is 10.8 Å². The number of nitrogens with one attached hydrogen (secondary N) is 1. The fraction of sp³-hybridized carbons (Fsp3) is 0.500. The van der Waals surface area contributed by atoms with E-state index in [1.807, 2.05) is 0 Å². The Morgan fingerprint density at radius 2 is 1.90 bits per heavy atom. The topological polar surface area (TPSA) is 127 Å². The molecule has 21 heavy (non-hydrogen) atoms. The number of amides is 2. The van der Waals surface area contributed by atoms with Gasteiger partial charge in [-0.2, -0.15) is 0 Å². The summed E-state index contributed by atoms with van der Waals surface area (Å²) in [5.41, 5.74) is 3.42. The summed E-state index contributed by atoms with van der Waals surface area (Å²) in [5, 5.41) is 11.3. The molecule has 1 aromatic rings. The maximum atomic E-state index is 12.1. The Labute approximate surface area is 127 Å². The van der Waals surface area contributed by atoms with Crippen molar-refractivity contribution in [2.75, 3.05) is 5.32 Å². The van der Waals surface area contributed by atoms with Crippen molar-refractivity contribution < 1.29 is 23.1 Å². The average Bonchev–Trinajstić information content (AvgIpc) is 2.72. The molecule has 1 rings (SSSR count). The molecule has 7 nitrogen and oxygen atoms in total. The Morgan fingerprint density at radius 1 is 1.38 bits per heavy atom. The Kier molecular flexibility index (Phi) is 4.81. The SMILES string of the molecule is CC(C)S(=O)(=O)c1cc(C(N)=O)c(NC(=O)C(C)(C)O)s1. The first-order valence-corrected chi connectivity index (χ1v) is 8.45. The van der Waals surface area contributed by atoms with Crippen LogP contribution in [0.15, 0.2) is 10.3 Å². The van der Waals surface area contributed by atoms with Gasteiger partial charge in [-0.3, -0.25) is 9.59 Å². The van der Waals surface area contributed by atoms with Crippen LogP contribution < -0.4 is 11.1 Å². The van der Waals surface area contributed by atoms with E-state index < -0.39 is 32.5 Å². The van der Waals surface area contributed by atoms with Crippen LogP contribution in [-0.2, 0) is 14.6 Å². The normalized spacial score (nSPS) is 12.5. The first-order chi connectivity index (χ1) is 9.37. The van der Waals surface area contributed by atoms with Gasteiger partial charge in [-0.05, 0) is 33.8 Å². The highest BCUT2D eigenvalue weighted by Crippen LogP contribution is 2.33. The number of anilines is 1. The summed E-state index contributed by atoms with van der Waals surface area (Å²) in [6.07, 6.45) is 0. The van der Waals surface area contributed by atoms with Crippen LogP contribution in [0.1, 0.15) is 38.1 Å². The maximum absolute atomic E-state index is 12.1. The number of sulfone groups is 1. The Morgan fingerprint density at radius 3 is 2.29 bits per heavy atom. The number of thiophene rings is 1. The first-order valence-electron chi connectivity index (χ1n) is 6.08. The summed E-state index contributed by atoms with van der Waals surface area (Å²) in [4.78, 5) is 23.1. The largest absolute Gasteiger partial charge is 0.381 e. The Bertz CT molecular complexity index is 668. The van der Waals surface area contributed by atoms with E-state index in [1.54, 1.807) is 0 Å². The van der Waals surface area contributed by atoms with Crippen LogP contribution in [0.2, 0.25) is 0 Å². The average molecular weight is 334 g/mol. The third kappa shape index (κ3) is 3.80. The summed E-state index contributed by atoms with van der Waals surface area (Å²) >= 11 is 0.736. The standard InChI is InChI=1S/C12H18N2O5S2/c1-6(2)21(18,19)8-5-7(9(13)15)10(20-8)14-11(16)12(3,4)17/h5-6,17H,1-4H3,(H2,13,15)(H,14,16). The molecular weight excluding hydrogens is 316 g/mol. The van der Waals surface area contributed by atoms with Crippen molar-refractivity contribution in [1.29, 1.82) is 0 Å². The van der Waals surface area contributed by atoms with Gasteiger partial charge in [0.25, 0.3) is 11.8 Å². The van der Waals surface area contributed by atoms with Crippen LogP contribution >= 0.6 is 11.3 Å². The van der Waals surface area contributed by atoms with E-state index in [-0.39, 0.29) is 14.8 Å². The summed E-state index contributed by atoms with van der Waals surface area (Å²) in [5.74, 6) is -1.62.